The molecule has 0 aliphatic carbocycles. The number of aromatic nitrogens is 3. The van der Waals surface area contributed by atoms with Crippen LogP contribution in [0.3, 0.4) is 0 Å². The van der Waals surface area contributed by atoms with E-state index in [1.807, 2.05) is 13.8 Å². The van der Waals surface area contributed by atoms with Gasteiger partial charge in [0.15, 0.2) is 0 Å². The summed E-state index contributed by atoms with van der Waals surface area (Å²) in [6.07, 6.45) is 1.57. The van der Waals surface area contributed by atoms with Gasteiger partial charge in [-0.25, -0.2) is 4.68 Å². The number of hydrogen-bond acceptors (Lipinski definition) is 4. The lowest BCUT2D eigenvalue weighted by molar-refractivity contribution is -0.124. The van der Waals surface area contributed by atoms with E-state index in [2.05, 4.69) is 15.6 Å². The van der Waals surface area contributed by atoms with E-state index in [1.54, 1.807) is 13.1 Å². The number of rotatable bonds is 5. The van der Waals surface area contributed by atoms with E-state index in [0.717, 1.165) is 0 Å². The van der Waals surface area contributed by atoms with Crippen LogP contribution in [-0.4, -0.2) is 32.6 Å². The highest BCUT2D eigenvalue weighted by molar-refractivity contribution is 5.79. The lowest BCUT2D eigenvalue weighted by Gasteiger charge is -2.10. The minimum absolute atomic E-state index is 0.107. The molecule has 90 valence electrons. The van der Waals surface area contributed by atoms with Gasteiger partial charge in [0.25, 0.3) is 0 Å². The van der Waals surface area contributed by atoms with Crippen LogP contribution >= 0.6 is 0 Å². The van der Waals surface area contributed by atoms with Crippen molar-refractivity contribution in [2.45, 2.75) is 39.3 Å². The largest absolute Gasteiger partial charge is 0.387 e. The normalized spacial score (nSPS) is 14.5. The van der Waals surface area contributed by atoms with E-state index in [4.69, 9.17) is 0 Å². The quantitative estimate of drug-likeness (QED) is 0.762. The molecular formula is C10H18N4O2. The highest BCUT2D eigenvalue weighted by Crippen LogP contribution is 2.14. The third-order valence-electron chi connectivity index (χ3n) is 2.38. The number of aliphatic hydroxyl groups excluding tert-OH is 1. The zero-order valence-electron chi connectivity index (χ0n) is 9.84. The first-order chi connectivity index (χ1) is 7.60. The van der Waals surface area contributed by atoms with Crippen LogP contribution in [-0.2, 0) is 4.79 Å². The second-order valence-electron chi connectivity index (χ2n) is 3.62. The summed E-state index contributed by atoms with van der Waals surface area (Å²) in [5, 5.41) is 19.9. The minimum Gasteiger partial charge on any atom is -0.387 e. The number of aliphatic hydroxyl groups is 1. The SMILES string of the molecule is CCNC(=O)C(C)n1cc(C(O)CC)nn1. The molecular weight excluding hydrogens is 208 g/mol. The molecule has 2 unspecified atom stereocenters. The first kappa shape index (κ1) is 12.6. The number of amides is 1. The number of carbonyl (C=O) groups is 1. The molecule has 0 bridgehead atoms. The summed E-state index contributed by atoms with van der Waals surface area (Å²) in [5.74, 6) is -0.107. The molecule has 6 nitrogen and oxygen atoms in total. The van der Waals surface area contributed by atoms with Gasteiger partial charge in [-0.05, 0) is 20.3 Å². The number of likely N-dealkylation sites (N-methyl/N-ethyl adjacent to an activating group) is 1. The molecule has 16 heavy (non-hydrogen) atoms. The lowest BCUT2D eigenvalue weighted by Crippen LogP contribution is -2.31. The average molecular weight is 226 g/mol. The third-order valence-corrected chi connectivity index (χ3v) is 2.38. The smallest absolute Gasteiger partial charge is 0.244 e. The highest BCUT2D eigenvalue weighted by atomic mass is 16.3. The van der Waals surface area contributed by atoms with Crippen LogP contribution in [0.1, 0.15) is 45.0 Å². The van der Waals surface area contributed by atoms with Crippen LogP contribution in [0.5, 0.6) is 0 Å². The van der Waals surface area contributed by atoms with Crippen LogP contribution in [0, 0.1) is 0 Å². The van der Waals surface area contributed by atoms with Crippen molar-refractivity contribution in [3.8, 4) is 0 Å². The fourth-order valence-electron chi connectivity index (χ4n) is 1.28. The summed E-state index contributed by atoms with van der Waals surface area (Å²) >= 11 is 0. The fraction of sp³-hybridized carbons (Fsp3) is 0.700. The minimum atomic E-state index is -0.616. The summed E-state index contributed by atoms with van der Waals surface area (Å²) in [7, 11) is 0. The Morgan fingerprint density at radius 2 is 2.31 bits per heavy atom. The van der Waals surface area contributed by atoms with E-state index < -0.39 is 12.1 Å². The number of nitrogens with zero attached hydrogens (tertiary/aromatic N) is 3. The number of carbonyl (C=O) groups excluding carboxylic acids is 1. The molecule has 6 heteroatoms. The van der Waals surface area contributed by atoms with Gasteiger partial charge in [0.1, 0.15) is 11.7 Å². The summed E-state index contributed by atoms with van der Waals surface area (Å²) in [5.41, 5.74) is 0.499. The van der Waals surface area contributed by atoms with E-state index in [1.165, 1.54) is 4.68 Å². The lowest BCUT2D eigenvalue weighted by atomic mass is 10.2. The Labute approximate surface area is 94.7 Å². The van der Waals surface area contributed by atoms with Crippen LogP contribution in [0.25, 0.3) is 0 Å². The van der Waals surface area contributed by atoms with Crippen molar-refractivity contribution in [2.24, 2.45) is 0 Å². The van der Waals surface area contributed by atoms with Crippen molar-refractivity contribution >= 4 is 5.91 Å². The Kier molecular flexibility index (Phi) is 4.42. The van der Waals surface area contributed by atoms with Crippen LogP contribution < -0.4 is 5.32 Å². The van der Waals surface area contributed by atoms with Crippen molar-refractivity contribution in [1.29, 1.82) is 0 Å². The number of hydrogen-bond donors (Lipinski definition) is 2. The molecule has 0 fully saturated rings. The molecule has 1 rings (SSSR count). The van der Waals surface area contributed by atoms with Gasteiger partial charge < -0.3 is 10.4 Å². The second-order valence-corrected chi connectivity index (χ2v) is 3.62. The highest BCUT2D eigenvalue weighted by Gasteiger charge is 2.17. The van der Waals surface area contributed by atoms with Crippen molar-refractivity contribution in [3.63, 3.8) is 0 Å². The first-order valence-electron chi connectivity index (χ1n) is 5.47. The molecule has 1 amide bonds. The van der Waals surface area contributed by atoms with Crippen LogP contribution in [0.2, 0.25) is 0 Å². The summed E-state index contributed by atoms with van der Waals surface area (Å²) in [4.78, 5) is 11.5. The van der Waals surface area contributed by atoms with E-state index in [0.29, 0.717) is 18.7 Å². The van der Waals surface area contributed by atoms with Crippen LogP contribution in [0.4, 0.5) is 0 Å². The average Bonchev–Trinajstić information content (AvgIpc) is 2.76. The molecule has 0 aromatic carbocycles. The maximum atomic E-state index is 11.5. The maximum absolute atomic E-state index is 11.5. The van der Waals surface area contributed by atoms with Gasteiger partial charge in [-0.3, -0.25) is 4.79 Å². The summed E-state index contributed by atoms with van der Waals surface area (Å²) in [6, 6.07) is -0.412. The van der Waals surface area contributed by atoms with Crippen molar-refractivity contribution in [2.75, 3.05) is 6.54 Å². The standard InChI is InChI=1S/C10H18N4O2/c1-4-9(15)8-6-14(13-12-8)7(3)10(16)11-5-2/h6-7,9,15H,4-5H2,1-3H3,(H,11,16). The van der Waals surface area contributed by atoms with Gasteiger partial charge >= 0.3 is 0 Å². The van der Waals surface area contributed by atoms with E-state index in [-0.39, 0.29) is 5.91 Å². The predicted molar refractivity (Wildman–Crippen MR) is 58.7 cm³/mol. The molecule has 0 aliphatic heterocycles. The summed E-state index contributed by atoms with van der Waals surface area (Å²) < 4.78 is 1.46. The van der Waals surface area contributed by atoms with E-state index in [9.17, 15) is 9.90 Å². The van der Waals surface area contributed by atoms with Crippen molar-refractivity contribution in [1.82, 2.24) is 20.3 Å². The van der Waals surface area contributed by atoms with Crippen molar-refractivity contribution in [3.05, 3.63) is 11.9 Å². The molecule has 0 aliphatic rings. The van der Waals surface area contributed by atoms with Gasteiger partial charge in [0, 0.05) is 6.54 Å². The second kappa shape index (κ2) is 5.60. The van der Waals surface area contributed by atoms with Gasteiger partial charge in [0.2, 0.25) is 5.91 Å². The molecule has 2 N–H and O–H groups in total. The Bertz CT molecular complexity index is 350. The van der Waals surface area contributed by atoms with Gasteiger partial charge in [0.05, 0.1) is 12.3 Å². The number of nitrogens with one attached hydrogen (secondary N) is 1. The Hall–Kier alpha value is -1.43. The molecule has 0 spiro atoms. The molecule has 0 saturated heterocycles. The molecule has 0 saturated carbocycles. The zero-order valence-corrected chi connectivity index (χ0v) is 9.84. The Morgan fingerprint density at radius 1 is 1.62 bits per heavy atom. The molecule has 1 aromatic heterocycles. The molecule has 1 aromatic rings. The van der Waals surface area contributed by atoms with E-state index >= 15 is 0 Å². The maximum Gasteiger partial charge on any atom is 0.244 e. The Morgan fingerprint density at radius 3 is 2.88 bits per heavy atom. The zero-order chi connectivity index (χ0) is 12.1. The van der Waals surface area contributed by atoms with Gasteiger partial charge in [-0.15, -0.1) is 5.10 Å². The summed E-state index contributed by atoms with van der Waals surface area (Å²) in [6.45, 7) is 6.04. The van der Waals surface area contributed by atoms with Gasteiger partial charge in [-0.2, -0.15) is 0 Å². The molecule has 1 heterocycles. The van der Waals surface area contributed by atoms with Crippen LogP contribution in [0.15, 0.2) is 6.20 Å². The topological polar surface area (TPSA) is 80.0 Å². The third kappa shape index (κ3) is 2.79. The van der Waals surface area contributed by atoms with Crippen molar-refractivity contribution < 1.29 is 9.90 Å². The van der Waals surface area contributed by atoms with Gasteiger partial charge in [-0.1, -0.05) is 12.1 Å². The monoisotopic (exact) mass is 226 g/mol. The Balaban J connectivity index is 2.73. The molecule has 0 radical (unpaired) electrons. The first-order valence-corrected chi connectivity index (χ1v) is 5.47. The predicted octanol–water partition coefficient (Wildman–Crippen LogP) is 0.419. The molecule has 2 atom stereocenters. The fourth-order valence-corrected chi connectivity index (χ4v) is 1.28.